The number of thioether (sulfide) groups is 1. The normalized spacial score (nSPS) is 12.4. The summed E-state index contributed by atoms with van der Waals surface area (Å²) in [6.45, 7) is -0.222. The van der Waals surface area contributed by atoms with Crippen LogP contribution in [0.15, 0.2) is 158 Å². The van der Waals surface area contributed by atoms with Gasteiger partial charge in [0.25, 0.3) is 5.91 Å². The number of nitrogens with one attached hydrogen (secondary N) is 2. The molecule has 0 unspecified atom stereocenters. The summed E-state index contributed by atoms with van der Waals surface area (Å²) in [5.41, 5.74) is 8.00. The zero-order chi connectivity index (χ0) is 40.3. The van der Waals surface area contributed by atoms with Gasteiger partial charge in [0.15, 0.2) is 6.61 Å². The largest absolute Gasteiger partial charge is 0.496 e. The van der Waals surface area contributed by atoms with Gasteiger partial charge in [0.05, 0.1) is 11.9 Å². The Hall–Kier alpha value is -6.52. The second kappa shape index (κ2) is 18.6. The highest BCUT2D eigenvalue weighted by molar-refractivity contribution is 8.00. The number of esters is 1. The Labute approximate surface area is 342 Å². The molecule has 0 spiro atoms. The van der Waals surface area contributed by atoms with E-state index >= 15 is 0 Å². The summed E-state index contributed by atoms with van der Waals surface area (Å²) >= 11 is 1.53. The summed E-state index contributed by atoms with van der Waals surface area (Å²) in [6.07, 6.45) is -0.732. The lowest BCUT2D eigenvalue weighted by Crippen LogP contribution is -2.45. The molecule has 1 aliphatic carbocycles. The molecule has 0 aliphatic heterocycles. The highest BCUT2D eigenvalue weighted by Gasteiger charge is 2.39. The lowest BCUT2D eigenvalue weighted by Gasteiger charge is -2.36. The van der Waals surface area contributed by atoms with Gasteiger partial charge in [-0.1, -0.05) is 140 Å². The van der Waals surface area contributed by atoms with Crippen molar-refractivity contribution >= 4 is 29.7 Å². The van der Waals surface area contributed by atoms with Crippen LogP contribution in [0.25, 0.3) is 11.1 Å². The Bertz CT molecular complexity index is 2200. The van der Waals surface area contributed by atoms with Crippen LogP contribution < -0.4 is 20.1 Å². The van der Waals surface area contributed by atoms with Gasteiger partial charge < -0.3 is 29.6 Å². The second-order valence-electron chi connectivity index (χ2n) is 13.7. The first-order valence-electron chi connectivity index (χ1n) is 19.0. The van der Waals surface area contributed by atoms with Crippen LogP contribution in [0.4, 0.5) is 4.79 Å². The molecule has 2 amide bonds. The van der Waals surface area contributed by atoms with Gasteiger partial charge in [-0.25, -0.2) is 9.59 Å². The minimum atomic E-state index is -1.11. The van der Waals surface area contributed by atoms with Crippen molar-refractivity contribution in [2.75, 3.05) is 33.1 Å². The Morgan fingerprint density at radius 2 is 1.22 bits per heavy atom. The summed E-state index contributed by atoms with van der Waals surface area (Å²) in [6, 6.07) is 50.5. The lowest BCUT2D eigenvalue weighted by atomic mass is 9.84. The first kappa shape index (κ1) is 39.7. The van der Waals surface area contributed by atoms with E-state index in [0.717, 1.165) is 38.9 Å². The molecule has 0 aromatic heterocycles. The number of alkyl carbamates (subject to hydrolysis) is 1. The van der Waals surface area contributed by atoms with Crippen LogP contribution in [0, 0.1) is 0 Å². The van der Waals surface area contributed by atoms with Crippen LogP contribution in [0.3, 0.4) is 0 Å². The van der Waals surface area contributed by atoms with Crippen molar-refractivity contribution in [1.82, 2.24) is 10.6 Å². The predicted molar refractivity (Wildman–Crippen MR) is 226 cm³/mol. The van der Waals surface area contributed by atoms with E-state index in [9.17, 15) is 14.4 Å². The average molecular weight is 793 g/mol. The molecule has 58 heavy (non-hydrogen) atoms. The first-order valence-corrected chi connectivity index (χ1v) is 20.0. The third-order valence-electron chi connectivity index (χ3n) is 10.2. The van der Waals surface area contributed by atoms with Gasteiger partial charge in [-0.05, 0) is 51.1 Å². The highest BCUT2D eigenvalue weighted by atomic mass is 32.2. The molecular weight excluding hydrogens is 749 g/mol. The number of amides is 2. The number of hydrogen-bond donors (Lipinski definition) is 2. The Kier molecular flexibility index (Phi) is 12.7. The summed E-state index contributed by atoms with van der Waals surface area (Å²) in [5.74, 6) is -0.123. The minimum Gasteiger partial charge on any atom is -0.496 e. The van der Waals surface area contributed by atoms with Gasteiger partial charge in [-0.3, -0.25) is 4.79 Å². The van der Waals surface area contributed by atoms with Gasteiger partial charge in [0, 0.05) is 30.3 Å². The maximum Gasteiger partial charge on any atom is 0.407 e. The molecule has 0 bridgehead atoms. The smallest absolute Gasteiger partial charge is 0.407 e. The van der Waals surface area contributed by atoms with E-state index < -0.39 is 22.9 Å². The van der Waals surface area contributed by atoms with Crippen molar-refractivity contribution in [2.45, 2.75) is 23.3 Å². The number of hydrogen-bond acceptors (Lipinski definition) is 8. The molecule has 1 aliphatic rings. The SMILES string of the molecule is CNC(=O)COc1ccc(COC(=O)[C@@H](CSC(c2ccccc2)(c2ccccc2)c2ccccc2)NC(=O)OCC2c3ccccc3-c3ccccc32)c(OC)c1. The van der Waals surface area contributed by atoms with E-state index in [0.29, 0.717) is 17.1 Å². The predicted octanol–water partition coefficient (Wildman–Crippen LogP) is 8.50. The zero-order valence-electron chi connectivity index (χ0n) is 32.3. The third-order valence-corrected chi connectivity index (χ3v) is 11.8. The monoisotopic (exact) mass is 792 g/mol. The second-order valence-corrected chi connectivity index (χ2v) is 14.9. The van der Waals surface area contributed by atoms with Crippen molar-refractivity contribution in [3.05, 3.63) is 191 Å². The number of fused-ring (bicyclic) bond motifs is 3. The van der Waals surface area contributed by atoms with Crippen LogP contribution in [-0.2, 0) is 30.4 Å². The zero-order valence-corrected chi connectivity index (χ0v) is 33.1. The Balaban J connectivity index is 1.16. The number of likely N-dealkylation sites (N-methyl/N-ethyl adjacent to an activating group) is 1. The minimum absolute atomic E-state index is 0.0856. The quantitative estimate of drug-likeness (QED) is 0.0742. The molecule has 0 saturated heterocycles. The molecule has 0 saturated carbocycles. The van der Waals surface area contributed by atoms with Crippen molar-refractivity contribution in [2.24, 2.45) is 0 Å². The van der Waals surface area contributed by atoms with Crippen molar-refractivity contribution < 1.29 is 33.3 Å². The average Bonchev–Trinajstić information content (AvgIpc) is 3.60. The number of carbonyl (C=O) groups is 3. The number of ether oxygens (including phenoxy) is 4. The molecule has 9 nitrogen and oxygen atoms in total. The van der Waals surface area contributed by atoms with Gasteiger partial charge >= 0.3 is 12.1 Å². The molecule has 6 aromatic carbocycles. The number of methoxy groups -OCH3 is 1. The molecule has 294 valence electrons. The topological polar surface area (TPSA) is 112 Å². The number of carbonyl (C=O) groups excluding carboxylic acids is 3. The van der Waals surface area contributed by atoms with E-state index in [4.69, 9.17) is 18.9 Å². The molecule has 2 N–H and O–H groups in total. The molecule has 0 heterocycles. The first-order chi connectivity index (χ1) is 28.4. The van der Waals surface area contributed by atoms with Gasteiger partial charge in [0.1, 0.15) is 30.8 Å². The fourth-order valence-electron chi connectivity index (χ4n) is 7.33. The summed E-state index contributed by atoms with van der Waals surface area (Å²) in [4.78, 5) is 39.8. The van der Waals surface area contributed by atoms with Crippen LogP contribution in [0.1, 0.15) is 39.3 Å². The number of rotatable bonds is 16. The van der Waals surface area contributed by atoms with E-state index in [-0.39, 0.29) is 37.4 Å². The fraction of sp³-hybridized carbons (Fsp3) is 0.188. The molecule has 0 radical (unpaired) electrons. The summed E-state index contributed by atoms with van der Waals surface area (Å²) in [5, 5.41) is 5.39. The van der Waals surface area contributed by atoms with E-state index in [1.807, 2.05) is 78.9 Å². The summed E-state index contributed by atoms with van der Waals surface area (Å²) < 4.78 is 22.3. The summed E-state index contributed by atoms with van der Waals surface area (Å²) in [7, 11) is 3.03. The highest BCUT2D eigenvalue weighted by Crippen LogP contribution is 2.49. The maximum atomic E-state index is 14.2. The van der Waals surface area contributed by atoms with Gasteiger partial charge in [-0.15, -0.1) is 11.8 Å². The van der Waals surface area contributed by atoms with Crippen molar-refractivity contribution in [3.8, 4) is 22.6 Å². The number of benzene rings is 6. The van der Waals surface area contributed by atoms with Crippen LogP contribution in [0.2, 0.25) is 0 Å². The van der Waals surface area contributed by atoms with E-state index in [1.54, 1.807) is 18.2 Å². The molecule has 7 rings (SSSR count). The van der Waals surface area contributed by atoms with Gasteiger partial charge in [-0.2, -0.15) is 0 Å². The van der Waals surface area contributed by atoms with Crippen molar-refractivity contribution in [1.29, 1.82) is 0 Å². The van der Waals surface area contributed by atoms with Gasteiger partial charge in [0.2, 0.25) is 0 Å². The van der Waals surface area contributed by atoms with E-state index in [2.05, 4.69) is 71.3 Å². The third kappa shape index (κ3) is 8.72. The Morgan fingerprint density at radius 1 is 0.690 bits per heavy atom. The van der Waals surface area contributed by atoms with Crippen molar-refractivity contribution in [3.63, 3.8) is 0 Å². The fourth-order valence-corrected chi connectivity index (χ4v) is 8.88. The van der Waals surface area contributed by atoms with Crippen LogP contribution >= 0.6 is 11.8 Å². The maximum absolute atomic E-state index is 14.2. The molecule has 6 aromatic rings. The lowest BCUT2D eigenvalue weighted by molar-refractivity contribution is -0.146. The Morgan fingerprint density at radius 3 is 1.76 bits per heavy atom. The standard InChI is InChI=1S/C48H44N2O7S/c1-49-45(51)31-55-37-27-26-33(44(28-37)54-2)29-56-46(52)43(50-47(53)57-30-42-40-24-14-12-22-38(40)39-23-13-15-25-41(39)42)32-58-48(34-16-6-3-7-17-34,35-18-8-4-9-19-35)36-20-10-5-11-21-36/h3-28,42-43H,29-32H2,1-2H3,(H,49,51)(H,50,53)/t43-/m1/s1. The molecule has 10 heteroatoms. The van der Waals surface area contributed by atoms with Crippen LogP contribution in [-0.4, -0.2) is 57.1 Å². The van der Waals surface area contributed by atoms with Crippen LogP contribution in [0.5, 0.6) is 11.5 Å². The molecule has 1 atom stereocenters. The molecule has 0 fully saturated rings. The molecular formula is C48H44N2O7S. The van der Waals surface area contributed by atoms with E-state index in [1.165, 1.54) is 25.9 Å².